The summed E-state index contributed by atoms with van der Waals surface area (Å²) in [6.45, 7) is 0.742. The van der Waals surface area contributed by atoms with Crippen LogP contribution in [0.3, 0.4) is 0 Å². The summed E-state index contributed by atoms with van der Waals surface area (Å²) in [4.78, 5) is 33.6. The van der Waals surface area contributed by atoms with Gasteiger partial charge in [0.15, 0.2) is 22.2 Å². The second-order valence-electron chi connectivity index (χ2n) is 8.88. The number of rotatable bonds is 7. The maximum absolute atomic E-state index is 14.4. The number of aromatic nitrogens is 2. The quantitative estimate of drug-likeness (QED) is 0.185. The number of carbonyl (C=O) groups is 2. The van der Waals surface area contributed by atoms with Crippen molar-refractivity contribution in [1.82, 2.24) is 9.97 Å². The summed E-state index contributed by atoms with van der Waals surface area (Å²) in [5.41, 5.74) is 2.24. The molecule has 1 aliphatic heterocycles. The van der Waals surface area contributed by atoms with E-state index in [0.29, 0.717) is 6.07 Å². The third kappa shape index (κ3) is 5.58. The van der Waals surface area contributed by atoms with Crippen molar-refractivity contribution in [3.8, 4) is 5.75 Å². The van der Waals surface area contributed by atoms with Crippen LogP contribution in [0.5, 0.6) is 5.75 Å². The maximum atomic E-state index is 14.4. The summed E-state index contributed by atoms with van der Waals surface area (Å²) in [6, 6.07) is 4.08. The van der Waals surface area contributed by atoms with Crippen molar-refractivity contribution in [3.05, 3.63) is 63.7 Å². The second-order valence-corrected chi connectivity index (χ2v) is 9.78. The van der Waals surface area contributed by atoms with Crippen molar-refractivity contribution in [3.63, 3.8) is 0 Å². The first-order valence-electron chi connectivity index (χ1n) is 11.4. The number of hydrogen-bond acceptors (Lipinski definition) is 8. The molecule has 0 unspecified atom stereocenters. The van der Waals surface area contributed by atoms with Gasteiger partial charge >= 0.3 is 6.18 Å². The average molecular weight is 585 g/mol. The Morgan fingerprint density at radius 1 is 1.25 bits per heavy atom. The molecule has 1 aliphatic rings. The minimum atomic E-state index is -4.92. The van der Waals surface area contributed by atoms with Gasteiger partial charge in [-0.25, -0.2) is 14.4 Å². The number of nitrogen functional groups attached to an aromatic ring is 1. The highest BCUT2D eigenvalue weighted by molar-refractivity contribution is 7.11. The molecule has 4 rings (SSSR count). The van der Waals surface area contributed by atoms with Crippen LogP contribution in [-0.2, 0) is 9.53 Å². The van der Waals surface area contributed by atoms with Crippen molar-refractivity contribution in [2.75, 3.05) is 17.7 Å². The standard InChI is InChI=1S/C24H21F5N6O4S/c1-23(24(27,28)29)9-12(11-3-4-13(25)16(26)17(11)38-2)18(39-23)20(36)33-10-7-14(19(30)31)34-15(8-10)35-21(37)22-32-5-6-40-22/h3-8,12,18H,9H2,1-2H3,(H3,30,31)(H2,33,34,35,36,37)/t12-,18+,23+/m0/s1. The van der Waals surface area contributed by atoms with Crippen LogP contribution in [0.25, 0.3) is 0 Å². The van der Waals surface area contributed by atoms with Crippen LogP contribution in [0, 0.1) is 17.0 Å². The lowest BCUT2D eigenvalue weighted by molar-refractivity contribution is -0.261. The Morgan fingerprint density at radius 2 is 1.98 bits per heavy atom. The highest BCUT2D eigenvalue weighted by atomic mass is 32.1. The minimum Gasteiger partial charge on any atom is -0.493 e. The molecule has 1 aromatic carbocycles. The highest BCUT2D eigenvalue weighted by Gasteiger charge is 2.61. The largest absolute Gasteiger partial charge is 0.493 e. The number of methoxy groups -OCH3 is 1. The lowest BCUT2D eigenvalue weighted by Crippen LogP contribution is -2.43. The first-order chi connectivity index (χ1) is 18.7. The van der Waals surface area contributed by atoms with Crippen LogP contribution in [-0.4, -0.2) is 52.6 Å². The normalized spacial score (nSPS) is 20.7. The molecule has 3 atom stereocenters. The number of hydrogen-bond donors (Lipinski definition) is 4. The number of nitrogens with one attached hydrogen (secondary N) is 3. The lowest BCUT2D eigenvalue weighted by Gasteiger charge is -2.27. The summed E-state index contributed by atoms with van der Waals surface area (Å²) in [5, 5.41) is 14.2. The van der Waals surface area contributed by atoms with E-state index in [2.05, 4.69) is 20.6 Å². The SMILES string of the molecule is COc1c([C@@H]2C[C@](C)(C(F)(F)F)O[C@H]2C(=O)Nc2cc(NC(=O)c3nccs3)nc(C(=N)N)c2)ccc(F)c1F. The van der Waals surface area contributed by atoms with Crippen molar-refractivity contribution in [2.24, 2.45) is 5.73 Å². The van der Waals surface area contributed by atoms with Crippen LogP contribution in [0.1, 0.15) is 40.3 Å². The number of halogens is 5. The van der Waals surface area contributed by atoms with Gasteiger partial charge in [0.1, 0.15) is 23.5 Å². The zero-order valence-electron chi connectivity index (χ0n) is 20.7. The number of amidine groups is 1. The number of amides is 2. The predicted molar refractivity (Wildman–Crippen MR) is 134 cm³/mol. The molecule has 16 heteroatoms. The summed E-state index contributed by atoms with van der Waals surface area (Å²) < 4.78 is 80.3. The molecule has 1 fully saturated rings. The van der Waals surface area contributed by atoms with Gasteiger partial charge in [0.25, 0.3) is 11.8 Å². The zero-order valence-corrected chi connectivity index (χ0v) is 21.5. The molecule has 212 valence electrons. The third-order valence-electron chi connectivity index (χ3n) is 6.14. The van der Waals surface area contributed by atoms with Gasteiger partial charge in [-0.3, -0.25) is 15.0 Å². The van der Waals surface area contributed by atoms with E-state index in [9.17, 15) is 31.5 Å². The highest BCUT2D eigenvalue weighted by Crippen LogP contribution is 2.51. The molecule has 2 aromatic heterocycles. The van der Waals surface area contributed by atoms with Crippen molar-refractivity contribution in [1.29, 1.82) is 5.41 Å². The van der Waals surface area contributed by atoms with E-state index >= 15 is 0 Å². The molecular weight excluding hydrogens is 563 g/mol. The average Bonchev–Trinajstić information content (AvgIpc) is 3.54. The molecule has 0 spiro atoms. The van der Waals surface area contributed by atoms with Crippen LogP contribution in [0.2, 0.25) is 0 Å². The van der Waals surface area contributed by atoms with Gasteiger partial charge in [0, 0.05) is 34.8 Å². The fraction of sp³-hybridized carbons (Fsp3) is 0.292. The summed E-state index contributed by atoms with van der Waals surface area (Å²) in [6.07, 6.45) is -6.16. The first kappa shape index (κ1) is 28.8. The smallest absolute Gasteiger partial charge is 0.417 e. The Balaban J connectivity index is 1.69. The van der Waals surface area contributed by atoms with Gasteiger partial charge in [-0.05, 0) is 25.5 Å². The van der Waals surface area contributed by atoms with E-state index in [1.807, 2.05) is 0 Å². The molecular formula is C24H21F5N6O4S. The number of thiazole rings is 1. The topological polar surface area (TPSA) is 152 Å². The predicted octanol–water partition coefficient (Wildman–Crippen LogP) is 4.19. The van der Waals surface area contributed by atoms with E-state index in [1.165, 1.54) is 12.3 Å². The van der Waals surface area contributed by atoms with Crippen molar-refractivity contribution >= 4 is 40.5 Å². The molecule has 3 aromatic rings. The molecule has 0 aliphatic carbocycles. The van der Waals surface area contributed by atoms with E-state index in [-0.39, 0.29) is 27.8 Å². The Kier molecular flexibility index (Phi) is 7.76. The van der Waals surface area contributed by atoms with Crippen LogP contribution < -0.4 is 21.1 Å². The van der Waals surface area contributed by atoms with Gasteiger partial charge in [-0.15, -0.1) is 11.3 Å². The number of anilines is 2. The fourth-order valence-corrected chi connectivity index (χ4v) is 4.73. The van der Waals surface area contributed by atoms with Crippen molar-refractivity contribution in [2.45, 2.75) is 37.1 Å². The fourth-order valence-electron chi connectivity index (χ4n) is 4.20. The summed E-state index contributed by atoms with van der Waals surface area (Å²) in [5.74, 6) is -7.20. The van der Waals surface area contributed by atoms with E-state index in [4.69, 9.17) is 20.6 Å². The molecule has 3 heterocycles. The molecule has 0 saturated carbocycles. The molecule has 0 radical (unpaired) electrons. The number of carbonyl (C=O) groups excluding carboxylic acids is 2. The molecule has 0 bridgehead atoms. The molecule has 40 heavy (non-hydrogen) atoms. The van der Waals surface area contributed by atoms with E-state index in [1.54, 1.807) is 5.38 Å². The number of alkyl halides is 3. The van der Waals surface area contributed by atoms with E-state index < -0.39 is 65.3 Å². The van der Waals surface area contributed by atoms with E-state index in [0.717, 1.165) is 37.5 Å². The minimum absolute atomic E-state index is 0.0923. The number of benzene rings is 1. The molecule has 2 amide bonds. The van der Waals surface area contributed by atoms with Crippen molar-refractivity contribution < 1.29 is 41.0 Å². The number of ether oxygens (including phenoxy) is 2. The van der Waals surface area contributed by atoms with Gasteiger partial charge in [0.05, 0.1) is 7.11 Å². The maximum Gasteiger partial charge on any atom is 0.417 e. The van der Waals surface area contributed by atoms with Crippen LogP contribution in [0.4, 0.5) is 33.5 Å². The number of nitrogens with two attached hydrogens (primary N) is 1. The first-order valence-corrected chi connectivity index (χ1v) is 12.3. The Bertz CT molecular complexity index is 1470. The van der Waals surface area contributed by atoms with Gasteiger partial charge < -0.3 is 25.8 Å². The van der Waals surface area contributed by atoms with Crippen LogP contribution in [0.15, 0.2) is 35.8 Å². The van der Waals surface area contributed by atoms with Gasteiger partial charge in [-0.1, -0.05) is 6.07 Å². The van der Waals surface area contributed by atoms with Gasteiger partial charge in [0.2, 0.25) is 5.82 Å². The van der Waals surface area contributed by atoms with Gasteiger partial charge in [-0.2, -0.15) is 17.6 Å². The summed E-state index contributed by atoms with van der Waals surface area (Å²) in [7, 11) is 1.01. The Hall–Kier alpha value is -4.18. The van der Waals surface area contributed by atoms with Crippen LogP contribution >= 0.6 is 11.3 Å². The number of pyridine rings is 1. The molecule has 1 saturated heterocycles. The summed E-state index contributed by atoms with van der Waals surface area (Å²) >= 11 is 1.04. The zero-order chi connectivity index (χ0) is 29.4. The Labute approximate surface area is 227 Å². The third-order valence-corrected chi connectivity index (χ3v) is 6.91. The molecule has 5 N–H and O–H groups in total. The Morgan fingerprint density at radius 3 is 2.58 bits per heavy atom. The monoisotopic (exact) mass is 584 g/mol. The number of nitrogens with zero attached hydrogens (tertiary/aromatic N) is 2. The lowest BCUT2D eigenvalue weighted by atomic mass is 9.85. The molecule has 10 nitrogen and oxygen atoms in total. The second kappa shape index (κ2) is 10.8.